The van der Waals surface area contributed by atoms with Crippen LogP contribution in [-0.4, -0.2) is 0 Å². The highest BCUT2D eigenvalue weighted by Crippen LogP contribution is 2.63. The van der Waals surface area contributed by atoms with Gasteiger partial charge in [-0.25, -0.2) is 0 Å². The SMILES string of the molecule is c1ccc2c(c1)Sc1cc(-c3cccc4c3-c3ccccc3C43c4ccccc4-c4cccc5cccc3c45)cc3cccc-2c13. The van der Waals surface area contributed by atoms with Gasteiger partial charge in [0.1, 0.15) is 0 Å². The molecule has 0 saturated carbocycles. The Morgan fingerprint density at radius 1 is 0.348 bits per heavy atom. The second-order valence-corrected chi connectivity index (χ2v) is 13.8. The molecule has 0 fully saturated rings. The van der Waals surface area contributed by atoms with Gasteiger partial charge in [-0.1, -0.05) is 151 Å². The van der Waals surface area contributed by atoms with Gasteiger partial charge in [-0.15, -0.1) is 0 Å². The molecule has 2 aliphatic carbocycles. The molecule has 8 aromatic carbocycles. The van der Waals surface area contributed by atoms with Gasteiger partial charge in [0.15, 0.2) is 0 Å². The number of hydrogen-bond donors (Lipinski definition) is 0. The van der Waals surface area contributed by atoms with Crippen molar-refractivity contribution < 1.29 is 0 Å². The summed E-state index contributed by atoms with van der Waals surface area (Å²) in [6.07, 6.45) is 0. The van der Waals surface area contributed by atoms with Gasteiger partial charge in [0.2, 0.25) is 0 Å². The fourth-order valence-electron chi connectivity index (χ4n) is 8.96. The van der Waals surface area contributed by atoms with Crippen molar-refractivity contribution in [2.45, 2.75) is 15.2 Å². The van der Waals surface area contributed by atoms with Crippen LogP contribution in [0.25, 0.3) is 66.1 Å². The van der Waals surface area contributed by atoms with E-state index >= 15 is 0 Å². The molecule has 0 N–H and O–H groups in total. The molecule has 3 aliphatic rings. The Labute approximate surface area is 272 Å². The molecule has 0 bridgehead atoms. The highest BCUT2D eigenvalue weighted by Gasteiger charge is 2.50. The van der Waals surface area contributed by atoms with E-state index in [1.165, 1.54) is 98.1 Å². The van der Waals surface area contributed by atoms with Crippen LogP contribution < -0.4 is 0 Å². The van der Waals surface area contributed by atoms with Crippen LogP contribution in [0.5, 0.6) is 0 Å². The van der Waals surface area contributed by atoms with E-state index in [1.807, 2.05) is 11.8 Å². The van der Waals surface area contributed by atoms with E-state index < -0.39 is 5.41 Å². The summed E-state index contributed by atoms with van der Waals surface area (Å²) in [5.74, 6) is 0. The summed E-state index contributed by atoms with van der Waals surface area (Å²) in [5, 5.41) is 5.33. The van der Waals surface area contributed by atoms with Crippen LogP contribution in [0.3, 0.4) is 0 Å². The molecule has 1 heterocycles. The van der Waals surface area contributed by atoms with Crippen LogP contribution in [0.15, 0.2) is 168 Å². The molecule has 0 nitrogen and oxygen atoms in total. The smallest absolute Gasteiger partial charge is 0.0725 e. The fourth-order valence-corrected chi connectivity index (χ4v) is 10.1. The largest absolute Gasteiger partial charge is 0.0888 e. The summed E-state index contributed by atoms with van der Waals surface area (Å²) >= 11 is 1.90. The Kier molecular flexibility index (Phi) is 4.80. The van der Waals surface area contributed by atoms with E-state index in [9.17, 15) is 0 Å². The van der Waals surface area contributed by atoms with Crippen molar-refractivity contribution in [2.24, 2.45) is 0 Å². The number of benzene rings is 8. The van der Waals surface area contributed by atoms with Crippen molar-refractivity contribution >= 4 is 33.3 Å². The van der Waals surface area contributed by atoms with Crippen molar-refractivity contribution in [3.8, 4) is 44.5 Å². The lowest BCUT2D eigenvalue weighted by Gasteiger charge is -2.40. The highest BCUT2D eigenvalue weighted by atomic mass is 32.2. The molecule has 8 aromatic rings. The minimum absolute atomic E-state index is 0.404. The zero-order valence-corrected chi connectivity index (χ0v) is 25.7. The van der Waals surface area contributed by atoms with E-state index in [2.05, 4.69) is 158 Å². The zero-order chi connectivity index (χ0) is 30.0. The maximum absolute atomic E-state index is 2.44. The van der Waals surface area contributed by atoms with E-state index in [-0.39, 0.29) is 0 Å². The molecule has 11 rings (SSSR count). The van der Waals surface area contributed by atoms with Crippen molar-refractivity contribution in [3.05, 3.63) is 180 Å². The maximum Gasteiger partial charge on any atom is 0.0725 e. The van der Waals surface area contributed by atoms with E-state index in [4.69, 9.17) is 0 Å². The molecule has 1 atom stereocenters. The topological polar surface area (TPSA) is 0 Å². The third-order valence-electron chi connectivity index (χ3n) is 10.6. The first kappa shape index (κ1) is 24.9. The average Bonchev–Trinajstić information content (AvgIpc) is 3.41. The van der Waals surface area contributed by atoms with Crippen molar-refractivity contribution in [1.82, 2.24) is 0 Å². The molecule has 46 heavy (non-hydrogen) atoms. The average molecular weight is 599 g/mol. The Bertz CT molecular complexity index is 2620. The van der Waals surface area contributed by atoms with Gasteiger partial charge in [0, 0.05) is 15.2 Å². The molecule has 1 unspecified atom stereocenters. The van der Waals surface area contributed by atoms with Crippen molar-refractivity contribution in [3.63, 3.8) is 0 Å². The van der Waals surface area contributed by atoms with E-state index in [0.717, 1.165) is 0 Å². The van der Waals surface area contributed by atoms with Crippen molar-refractivity contribution in [1.29, 1.82) is 0 Å². The lowest BCUT2D eigenvalue weighted by atomic mass is 9.61. The minimum atomic E-state index is -0.404. The molecule has 0 radical (unpaired) electrons. The van der Waals surface area contributed by atoms with Crippen LogP contribution in [0.1, 0.15) is 22.3 Å². The number of rotatable bonds is 1. The van der Waals surface area contributed by atoms with E-state index in [0.29, 0.717) is 0 Å². The van der Waals surface area contributed by atoms with Gasteiger partial charge >= 0.3 is 0 Å². The second-order valence-electron chi connectivity index (χ2n) is 12.8. The Balaban J connectivity index is 1.25. The summed E-state index contributed by atoms with van der Waals surface area (Å²) in [6.45, 7) is 0. The summed E-state index contributed by atoms with van der Waals surface area (Å²) in [7, 11) is 0. The summed E-state index contributed by atoms with van der Waals surface area (Å²) in [5.41, 5.74) is 15.7. The molecular formula is C45H26S. The van der Waals surface area contributed by atoms with Gasteiger partial charge < -0.3 is 0 Å². The molecule has 1 spiro atoms. The maximum atomic E-state index is 2.44. The normalized spacial score (nSPS) is 16.3. The molecular weight excluding hydrogens is 573 g/mol. The number of fused-ring (bicyclic) bond motifs is 11. The van der Waals surface area contributed by atoms with Crippen LogP contribution in [0.4, 0.5) is 0 Å². The Morgan fingerprint density at radius 2 is 0.913 bits per heavy atom. The van der Waals surface area contributed by atoms with Gasteiger partial charge in [-0.05, 0) is 101 Å². The molecule has 212 valence electrons. The standard InChI is InChI=1S/C45H26S/c1-4-20-36-31(14-1)33-18-7-11-27-12-9-22-38(42(27)33)45(36)37-21-5-2-16-35(37)44-30(17-10-23-39(44)45)29-25-28-13-8-19-34-32-15-3-6-24-40(32)46-41(26-29)43(28)34/h1-26H. The van der Waals surface area contributed by atoms with E-state index in [1.54, 1.807) is 0 Å². The summed E-state index contributed by atoms with van der Waals surface area (Å²) in [4.78, 5) is 2.66. The monoisotopic (exact) mass is 598 g/mol. The Hall–Kier alpha value is -5.37. The summed E-state index contributed by atoms with van der Waals surface area (Å²) < 4.78 is 0. The molecule has 0 aromatic heterocycles. The zero-order valence-electron chi connectivity index (χ0n) is 24.9. The predicted molar refractivity (Wildman–Crippen MR) is 193 cm³/mol. The first-order chi connectivity index (χ1) is 22.8. The quantitative estimate of drug-likeness (QED) is 0.181. The van der Waals surface area contributed by atoms with Gasteiger partial charge in [-0.2, -0.15) is 0 Å². The first-order valence-electron chi connectivity index (χ1n) is 16.0. The highest BCUT2D eigenvalue weighted by molar-refractivity contribution is 7.99. The molecule has 1 heteroatoms. The molecule has 0 amide bonds. The van der Waals surface area contributed by atoms with Gasteiger partial charge in [-0.3, -0.25) is 0 Å². The second kappa shape index (κ2) is 8.88. The number of hydrogen-bond acceptors (Lipinski definition) is 1. The third kappa shape index (κ3) is 2.97. The Morgan fingerprint density at radius 3 is 1.76 bits per heavy atom. The minimum Gasteiger partial charge on any atom is -0.0888 e. The lowest BCUT2D eigenvalue weighted by Crippen LogP contribution is -2.31. The predicted octanol–water partition coefficient (Wildman–Crippen LogP) is 12.1. The van der Waals surface area contributed by atoms with Gasteiger partial charge in [0.05, 0.1) is 5.41 Å². The van der Waals surface area contributed by atoms with Crippen LogP contribution >= 0.6 is 11.8 Å². The van der Waals surface area contributed by atoms with Crippen LogP contribution in [-0.2, 0) is 5.41 Å². The lowest BCUT2D eigenvalue weighted by molar-refractivity contribution is 0.773. The van der Waals surface area contributed by atoms with Crippen molar-refractivity contribution in [2.75, 3.05) is 0 Å². The molecule has 1 aliphatic heterocycles. The van der Waals surface area contributed by atoms with Gasteiger partial charge in [0.25, 0.3) is 0 Å². The summed E-state index contributed by atoms with van der Waals surface area (Å²) in [6, 6.07) is 59.5. The first-order valence-corrected chi connectivity index (χ1v) is 16.8. The fraction of sp³-hybridized carbons (Fsp3) is 0.0222. The molecule has 0 saturated heterocycles. The third-order valence-corrected chi connectivity index (χ3v) is 11.8. The van der Waals surface area contributed by atoms with Crippen LogP contribution in [0, 0.1) is 0 Å². The van der Waals surface area contributed by atoms with Crippen LogP contribution in [0.2, 0.25) is 0 Å².